The summed E-state index contributed by atoms with van der Waals surface area (Å²) in [7, 11) is 0. The number of carbonyl (C=O) groups is 2. The molecule has 2 aromatic carbocycles. The van der Waals surface area contributed by atoms with E-state index in [1.54, 1.807) is 66.9 Å². The fourth-order valence-electron chi connectivity index (χ4n) is 2.76. The summed E-state index contributed by atoms with van der Waals surface area (Å²) in [6.07, 6.45) is 1.64. The Labute approximate surface area is 153 Å². The van der Waals surface area contributed by atoms with Gasteiger partial charge in [0.25, 0.3) is 11.8 Å². The second kappa shape index (κ2) is 6.47. The molecule has 0 spiro atoms. The van der Waals surface area contributed by atoms with Gasteiger partial charge in [-0.25, -0.2) is 9.88 Å². The highest BCUT2D eigenvalue weighted by Crippen LogP contribution is 2.32. The van der Waals surface area contributed by atoms with Crippen LogP contribution in [0.1, 0.15) is 26.3 Å². The molecule has 0 aliphatic carbocycles. The van der Waals surface area contributed by atoms with Crippen LogP contribution in [0.4, 0.5) is 5.69 Å². The van der Waals surface area contributed by atoms with Gasteiger partial charge in [-0.3, -0.25) is 9.59 Å². The van der Waals surface area contributed by atoms with Crippen molar-refractivity contribution in [2.75, 3.05) is 4.90 Å². The summed E-state index contributed by atoms with van der Waals surface area (Å²) < 4.78 is 0. The number of rotatable bonds is 3. The lowest BCUT2D eigenvalue weighted by molar-refractivity contribution is 0.0926. The van der Waals surface area contributed by atoms with Gasteiger partial charge < -0.3 is 0 Å². The molecule has 4 rings (SSSR count). The first kappa shape index (κ1) is 16.1. The average molecular weight is 357 g/mol. The fourth-order valence-corrected chi connectivity index (χ4v) is 3.59. The third kappa shape index (κ3) is 2.65. The van der Waals surface area contributed by atoms with Crippen LogP contribution in [0.25, 0.3) is 0 Å². The first-order valence-corrected chi connectivity index (χ1v) is 8.61. The van der Waals surface area contributed by atoms with E-state index in [9.17, 15) is 9.59 Å². The Kier molecular flexibility index (Phi) is 3.99. The number of amides is 2. The van der Waals surface area contributed by atoms with E-state index >= 15 is 0 Å². The van der Waals surface area contributed by atoms with Crippen molar-refractivity contribution in [1.82, 2.24) is 4.98 Å². The molecule has 0 N–H and O–H groups in total. The zero-order valence-electron chi connectivity index (χ0n) is 13.4. The van der Waals surface area contributed by atoms with Crippen molar-refractivity contribution >= 4 is 29.3 Å². The van der Waals surface area contributed by atoms with E-state index in [0.29, 0.717) is 27.4 Å². The van der Waals surface area contributed by atoms with E-state index in [1.165, 1.54) is 16.7 Å². The molecule has 0 bridgehead atoms. The number of nitrogens with zero attached hydrogens (tertiary/aromatic N) is 3. The molecule has 0 unspecified atom stereocenters. The largest absolute Gasteiger partial charge is 0.268 e. The molecule has 0 fully saturated rings. The van der Waals surface area contributed by atoms with Crippen LogP contribution in [0.3, 0.4) is 0 Å². The molecule has 0 saturated carbocycles. The Morgan fingerprint density at radius 3 is 2.15 bits per heavy atom. The number of carbonyl (C=O) groups excluding carboxylic acids is 2. The lowest BCUT2D eigenvalue weighted by Gasteiger charge is -2.14. The second-order valence-electron chi connectivity index (χ2n) is 5.56. The maximum Gasteiger partial charge on any atom is 0.266 e. The molecular formula is C20H11N3O2S. The van der Waals surface area contributed by atoms with E-state index in [1.807, 2.05) is 0 Å². The smallest absolute Gasteiger partial charge is 0.266 e. The van der Waals surface area contributed by atoms with Gasteiger partial charge in [-0.15, -0.1) is 0 Å². The van der Waals surface area contributed by atoms with Gasteiger partial charge in [0.1, 0.15) is 11.1 Å². The number of imide groups is 1. The average Bonchev–Trinajstić information content (AvgIpc) is 2.94. The lowest BCUT2D eigenvalue weighted by Crippen LogP contribution is -2.29. The quantitative estimate of drug-likeness (QED) is 0.665. The molecule has 3 aromatic rings. The predicted octanol–water partition coefficient (Wildman–Crippen LogP) is 3.91. The summed E-state index contributed by atoms with van der Waals surface area (Å²) in [5, 5.41) is 9.76. The van der Waals surface area contributed by atoms with Gasteiger partial charge in [-0.2, -0.15) is 5.26 Å². The van der Waals surface area contributed by atoms with E-state index in [2.05, 4.69) is 11.1 Å². The molecule has 2 amide bonds. The molecule has 1 aliphatic heterocycles. The monoisotopic (exact) mass is 357 g/mol. The van der Waals surface area contributed by atoms with Crippen LogP contribution < -0.4 is 4.90 Å². The summed E-state index contributed by atoms with van der Waals surface area (Å²) in [5.74, 6) is -0.634. The first-order valence-electron chi connectivity index (χ1n) is 7.80. The van der Waals surface area contributed by atoms with Crippen molar-refractivity contribution in [3.8, 4) is 6.07 Å². The van der Waals surface area contributed by atoms with Crippen LogP contribution >= 0.6 is 11.8 Å². The van der Waals surface area contributed by atoms with E-state index in [4.69, 9.17) is 5.26 Å². The number of anilines is 1. The standard InChI is InChI=1S/C20H11N3O2S/c21-12-13-4-3-11-22-18(13)26-15-9-7-14(8-10-15)23-19(24)16-5-1-2-6-17(16)20(23)25/h1-11H. The zero-order chi connectivity index (χ0) is 18.1. The van der Waals surface area contributed by atoms with Crippen LogP contribution in [0.5, 0.6) is 0 Å². The van der Waals surface area contributed by atoms with Gasteiger partial charge in [0.05, 0.1) is 22.4 Å². The Morgan fingerprint density at radius 2 is 1.54 bits per heavy atom. The molecule has 1 aliphatic rings. The van der Waals surface area contributed by atoms with E-state index < -0.39 is 0 Å². The molecule has 1 aromatic heterocycles. The third-order valence-corrected chi connectivity index (χ3v) is 5.02. The summed E-state index contributed by atoms with van der Waals surface area (Å²) in [6.45, 7) is 0. The molecule has 0 saturated heterocycles. The molecule has 0 atom stereocenters. The Hall–Kier alpha value is -3.43. The second-order valence-corrected chi connectivity index (χ2v) is 6.62. The summed E-state index contributed by atoms with van der Waals surface area (Å²) in [6, 6.07) is 19.4. The van der Waals surface area contributed by atoms with Crippen LogP contribution in [0.2, 0.25) is 0 Å². The Morgan fingerprint density at radius 1 is 0.885 bits per heavy atom. The molecule has 2 heterocycles. The molecule has 6 heteroatoms. The van der Waals surface area contributed by atoms with Gasteiger partial charge in [0.15, 0.2) is 0 Å². The number of pyridine rings is 1. The van der Waals surface area contributed by atoms with Crippen LogP contribution in [0.15, 0.2) is 76.8 Å². The third-order valence-electron chi connectivity index (χ3n) is 4.00. The normalized spacial score (nSPS) is 12.8. The number of hydrogen-bond donors (Lipinski definition) is 0. The minimum atomic E-state index is -0.317. The minimum Gasteiger partial charge on any atom is -0.268 e. The van der Waals surface area contributed by atoms with Crippen molar-refractivity contribution in [2.45, 2.75) is 9.92 Å². The summed E-state index contributed by atoms with van der Waals surface area (Å²) >= 11 is 1.36. The lowest BCUT2D eigenvalue weighted by atomic mass is 10.1. The first-order chi connectivity index (χ1) is 12.7. The Bertz CT molecular complexity index is 1040. The van der Waals surface area contributed by atoms with Crippen LogP contribution in [-0.4, -0.2) is 16.8 Å². The van der Waals surface area contributed by atoms with E-state index in [0.717, 1.165) is 4.90 Å². The van der Waals surface area contributed by atoms with Gasteiger partial charge in [-0.05, 0) is 48.5 Å². The highest BCUT2D eigenvalue weighted by molar-refractivity contribution is 7.99. The fraction of sp³-hybridized carbons (Fsp3) is 0. The molecule has 0 radical (unpaired) electrons. The van der Waals surface area contributed by atoms with Crippen LogP contribution in [-0.2, 0) is 0 Å². The van der Waals surface area contributed by atoms with Crippen molar-refractivity contribution < 1.29 is 9.59 Å². The number of aromatic nitrogens is 1. The number of fused-ring (bicyclic) bond motifs is 1. The highest BCUT2D eigenvalue weighted by atomic mass is 32.2. The SMILES string of the molecule is N#Cc1cccnc1Sc1ccc(N2C(=O)c3ccccc3C2=O)cc1. The number of nitriles is 1. The zero-order valence-corrected chi connectivity index (χ0v) is 14.2. The number of benzene rings is 2. The van der Waals surface area contributed by atoms with Crippen molar-refractivity contribution in [3.05, 3.63) is 83.6 Å². The summed E-state index contributed by atoms with van der Waals surface area (Å²) in [4.78, 5) is 31.3. The van der Waals surface area contributed by atoms with Crippen LogP contribution in [0, 0.1) is 11.3 Å². The topological polar surface area (TPSA) is 74.1 Å². The summed E-state index contributed by atoms with van der Waals surface area (Å²) in [5.41, 5.74) is 1.86. The number of hydrogen-bond acceptors (Lipinski definition) is 5. The highest BCUT2D eigenvalue weighted by Gasteiger charge is 2.36. The molecule has 26 heavy (non-hydrogen) atoms. The van der Waals surface area contributed by atoms with Crippen molar-refractivity contribution in [2.24, 2.45) is 0 Å². The maximum atomic E-state index is 12.5. The van der Waals surface area contributed by atoms with Gasteiger partial charge in [0, 0.05) is 11.1 Å². The molecular weight excluding hydrogens is 346 g/mol. The predicted molar refractivity (Wildman–Crippen MR) is 97.1 cm³/mol. The van der Waals surface area contributed by atoms with Gasteiger partial charge in [-0.1, -0.05) is 23.9 Å². The van der Waals surface area contributed by atoms with Gasteiger partial charge in [0.2, 0.25) is 0 Å². The van der Waals surface area contributed by atoms with Crippen molar-refractivity contribution in [3.63, 3.8) is 0 Å². The molecule has 5 nitrogen and oxygen atoms in total. The van der Waals surface area contributed by atoms with Crippen molar-refractivity contribution in [1.29, 1.82) is 5.26 Å². The minimum absolute atomic E-state index is 0.317. The van der Waals surface area contributed by atoms with E-state index in [-0.39, 0.29) is 11.8 Å². The maximum absolute atomic E-state index is 12.5. The Balaban J connectivity index is 1.61. The van der Waals surface area contributed by atoms with Gasteiger partial charge >= 0.3 is 0 Å². The molecule has 124 valence electrons.